The molecule has 2 unspecified atom stereocenters. The molecule has 0 fully saturated rings. The lowest BCUT2D eigenvalue weighted by molar-refractivity contribution is -0.161. The van der Waals surface area contributed by atoms with E-state index in [1.807, 2.05) is 0 Å². The van der Waals surface area contributed by atoms with Gasteiger partial charge in [-0.05, 0) is 77.0 Å². The molecular weight excluding hydrogens is 1050 g/mol. The first-order chi connectivity index (χ1) is 40.8. The molecule has 0 bridgehead atoms. The first-order valence-corrected chi connectivity index (χ1v) is 37.3. The summed E-state index contributed by atoms with van der Waals surface area (Å²) in [4.78, 5) is 35.4. The largest absolute Gasteiger partial charge is 0.472 e. The second-order valence-corrected chi connectivity index (χ2v) is 25.5. The van der Waals surface area contributed by atoms with Gasteiger partial charge in [-0.15, -0.1) is 0 Å². The summed E-state index contributed by atoms with van der Waals surface area (Å²) in [6.07, 6.45) is 89.0. The second-order valence-electron chi connectivity index (χ2n) is 24.1. The Morgan fingerprint density at radius 3 is 1.00 bits per heavy atom. The van der Waals surface area contributed by atoms with E-state index >= 15 is 0 Å². The number of carbonyl (C=O) groups excluding carboxylic acids is 2. The summed E-state index contributed by atoms with van der Waals surface area (Å²) in [6, 6.07) is 0. The third kappa shape index (κ3) is 68.7. The molecule has 83 heavy (non-hydrogen) atoms. The van der Waals surface area contributed by atoms with Crippen LogP contribution >= 0.6 is 7.82 Å². The third-order valence-electron chi connectivity index (χ3n) is 15.9. The predicted octanol–water partition coefficient (Wildman–Crippen LogP) is 23.4. The van der Waals surface area contributed by atoms with Gasteiger partial charge in [-0.3, -0.25) is 18.6 Å². The van der Waals surface area contributed by atoms with Crippen molar-refractivity contribution in [1.82, 2.24) is 0 Å². The summed E-state index contributed by atoms with van der Waals surface area (Å²) in [7, 11) is -4.39. The van der Waals surface area contributed by atoms with E-state index in [0.717, 1.165) is 64.2 Å². The van der Waals surface area contributed by atoms with Gasteiger partial charge in [-0.1, -0.05) is 331 Å². The summed E-state index contributed by atoms with van der Waals surface area (Å²) in [5.74, 6) is -0.809. The number of allylic oxidation sites excluding steroid dienone is 10. The molecule has 0 spiro atoms. The Kier molecular flexibility index (Phi) is 66.9. The number of hydrogen-bond acceptors (Lipinski definition) is 8. The molecular formula is C73H136NO8P. The lowest BCUT2D eigenvalue weighted by Gasteiger charge is -2.19. The van der Waals surface area contributed by atoms with Crippen LogP contribution in [-0.4, -0.2) is 49.3 Å². The number of ether oxygens (including phenoxy) is 2. The normalized spacial score (nSPS) is 13.3. The molecule has 0 heterocycles. The quantitative estimate of drug-likeness (QED) is 0.0264. The molecule has 2 atom stereocenters. The molecule has 0 aromatic carbocycles. The SMILES string of the molecule is CC/C=C\C/C=C\C/C=C\C/C=C\CCCCCCCCCCCCCCCCCCC(=O)OC(COC(=O)CCCCCCCCCCCCCCCCCCCCCCC/C=C\CCCCCCCCCC)COP(=O)(O)OCCN. The Bertz CT molecular complexity index is 1540. The number of esters is 2. The van der Waals surface area contributed by atoms with Gasteiger partial charge in [0, 0.05) is 19.4 Å². The summed E-state index contributed by atoms with van der Waals surface area (Å²) < 4.78 is 33.2. The lowest BCUT2D eigenvalue weighted by atomic mass is 10.0. The van der Waals surface area contributed by atoms with Gasteiger partial charge >= 0.3 is 19.8 Å². The van der Waals surface area contributed by atoms with E-state index in [2.05, 4.69) is 74.6 Å². The minimum Gasteiger partial charge on any atom is -0.462 e. The van der Waals surface area contributed by atoms with E-state index in [0.29, 0.717) is 6.42 Å². The predicted molar refractivity (Wildman–Crippen MR) is 358 cm³/mol. The summed E-state index contributed by atoms with van der Waals surface area (Å²) in [5.41, 5.74) is 5.40. The summed E-state index contributed by atoms with van der Waals surface area (Å²) >= 11 is 0. The van der Waals surface area contributed by atoms with Crippen molar-refractivity contribution in [3.05, 3.63) is 60.8 Å². The summed E-state index contributed by atoms with van der Waals surface area (Å²) in [6.45, 7) is 3.69. The molecule has 0 aliphatic heterocycles. The smallest absolute Gasteiger partial charge is 0.462 e. The van der Waals surface area contributed by atoms with E-state index in [1.165, 1.54) is 263 Å². The van der Waals surface area contributed by atoms with Gasteiger partial charge in [-0.2, -0.15) is 0 Å². The molecule has 0 aromatic heterocycles. The van der Waals surface area contributed by atoms with Gasteiger partial charge in [0.25, 0.3) is 0 Å². The molecule has 0 rings (SSSR count). The zero-order valence-electron chi connectivity index (χ0n) is 54.7. The average molecular weight is 1190 g/mol. The fourth-order valence-corrected chi connectivity index (χ4v) is 11.4. The minimum atomic E-state index is -4.39. The van der Waals surface area contributed by atoms with Crippen LogP contribution in [0.1, 0.15) is 361 Å². The molecule has 0 saturated carbocycles. The van der Waals surface area contributed by atoms with Gasteiger partial charge in [0.05, 0.1) is 13.2 Å². The van der Waals surface area contributed by atoms with Gasteiger partial charge in [0.15, 0.2) is 6.10 Å². The number of hydrogen-bond donors (Lipinski definition) is 2. The van der Waals surface area contributed by atoms with Crippen LogP contribution in [0.4, 0.5) is 0 Å². The van der Waals surface area contributed by atoms with Crippen molar-refractivity contribution in [2.24, 2.45) is 5.73 Å². The number of phosphoric acid groups is 1. The van der Waals surface area contributed by atoms with Crippen molar-refractivity contribution in [3.63, 3.8) is 0 Å². The highest BCUT2D eigenvalue weighted by Crippen LogP contribution is 2.43. The van der Waals surface area contributed by atoms with Crippen LogP contribution in [-0.2, 0) is 32.7 Å². The van der Waals surface area contributed by atoms with Gasteiger partial charge in [-0.25, -0.2) is 4.57 Å². The average Bonchev–Trinajstić information content (AvgIpc) is 3.49. The van der Waals surface area contributed by atoms with Crippen molar-refractivity contribution in [2.45, 2.75) is 367 Å². The topological polar surface area (TPSA) is 134 Å². The Balaban J connectivity index is 3.82. The van der Waals surface area contributed by atoms with Crippen molar-refractivity contribution in [1.29, 1.82) is 0 Å². The molecule has 0 aromatic rings. The van der Waals surface area contributed by atoms with E-state index in [-0.39, 0.29) is 38.6 Å². The maximum absolute atomic E-state index is 12.8. The van der Waals surface area contributed by atoms with Crippen LogP contribution in [0.25, 0.3) is 0 Å². The Labute approximate surface area is 514 Å². The highest BCUT2D eigenvalue weighted by Gasteiger charge is 2.26. The Morgan fingerprint density at radius 1 is 0.373 bits per heavy atom. The van der Waals surface area contributed by atoms with E-state index in [1.54, 1.807) is 0 Å². The lowest BCUT2D eigenvalue weighted by Crippen LogP contribution is -2.29. The zero-order valence-corrected chi connectivity index (χ0v) is 55.6. The van der Waals surface area contributed by atoms with E-state index in [9.17, 15) is 19.0 Å². The number of rotatable bonds is 68. The van der Waals surface area contributed by atoms with Crippen LogP contribution in [0.15, 0.2) is 60.8 Å². The number of nitrogens with two attached hydrogens (primary N) is 1. The number of phosphoric ester groups is 1. The highest BCUT2D eigenvalue weighted by molar-refractivity contribution is 7.47. The van der Waals surface area contributed by atoms with Crippen LogP contribution in [0.5, 0.6) is 0 Å². The Hall–Kier alpha value is -2.29. The molecule has 0 aliphatic carbocycles. The van der Waals surface area contributed by atoms with Crippen LogP contribution in [0.2, 0.25) is 0 Å². The van der Waals surface area contributed by atoms with Crippen LogP contribution < -0.4 is 5.73 Å². The molecule has 0 saturated heterocycles. The molecule has 9 nitrogen and oxygen atoms in total. The van der Waals surface area contributed by atoms with E-state index < -0.39 is 26.5 Å². The van der Waals surface area contributed by atoms with Crippen molar-refractivity contribution >= 4 is 19.8 Å². The fraction of sp³-hybridized carbons (Fsp3) is 0.836. The first kappa shape index (κ1) is 80.7. The number of carbonyl (C=O) groups is 2. The molecule has 0 amide bonds. The maximum atomic E-state index is 12.8. The fourth-order valence-electron chi connectivity index (χ4n) is 10.6. The molecule has 0 aliphatic rings. The first-order valence-electron chi connectivity index (χ1n) is 35.8. The minimum absolute atomic E-state index is 0.0543. The Morgan fingerprint density at radius 2 is 0.663 bits per heavy atom. The van der Waals surface area contributed by atoms with Gasteiger partial charge in [0.2, 0.25) is 0 Å². The highest BCUT2D eigenvalue weighted by atomic mass is 31.2. The van der Waals surface area contributed by atoms with Crippen molar-refractivity contribution < 1.29 is 37.6 Å². The zero-order chi connectivity index (χ0) is 60.1. The third-order valence-corrected chi connectivity index (χ3v) is 16.9. The second kappa shape index (κ2) is 68.8. The molecule has 3 N–H and O–H groups in total. The molecule has 10 heteroatoms. The summed E-state index contributed by atoms with van der Waals surface area (Å²) in [5, 5.41) is 0. The maximum Gasteiger partial charge on any atom is 0.472 e. The standard InChI is InChI=1S/C73H136NO8P/c1-3-5-7-9-11-13-15-17-19-21-23-25-27-29-31-33-34-35-36-38-39-41-43-45-47-49-51-53-55-57-59-61-63-65-72(75)79-69-71(70-81-83(77,78)80-68-67-74)82-73(76)66-64-62-60-58-56-54-52-50-48-46-44-42-40-37-32-30-28-26-24-22-20-18-16-14-12-10-8-6-4-2/h6,8,12,14,18,20-21,23-24,26,71H,3-5,7,9-11,13,15-17,19,22,25,27-70,74H2,1-2H3,(H,77,78)/b8-6-,14-12-,20-18-,23-21-,26-24-. The van der Waals surface area contributed by atoms with Gasteiger partial charge in [0.1, 0.15) is 6.61 Å². The monoisotopic (exact) mass is 1190 g/mol. The van der Waals surface area contributed by atoms with Crippen molar-refractivity contribution in [3.8, 4) is 0 Å². The number of unbranched alkanes of at least 4 members (excludes halogenated alkanes) is 45. The molecule has 486 valence electrons. The van der Waals surface area contributed by atoms with Crippen LogP contribution in [0, 0.1) is 0 Å². The van der Waals surface area contributed by atoms with Crippen molar-refractivity contribution in [2.75, 3.05) is 26.4 Å². The van der Waals surface area contributed by atoms with Gasteiger partial charge < -0.3 is 20.1 Å². The molecule has 0 radical (unpaired) electrons. The van der Waals surface area contributed by atoms with Crippen LogP contribution in [0.3, 0.4) is 0 Å². The van der Waals surface area contributed by atoms with E-state index in [4.69, 9.17) is 24.3 Å².